The number of benzene rings is 1. The number of rotatable bonds is 2. The summed E-state index contributed by atoms with van der Waals surface area (Å²) in [7, 11) is 1.69. The van der Waals surface area contributed by atoms with Gasteiger partial charge in [-0.2, -0.15) is 4.98 Å². The van der Waals surface area contributed by atoms with Crippen LogP contribution in [-0.4, -0.2) is 23.6 Å². The molecule has 0 fully saturated rings. The highest BCUT2D eigenvalue weighted by Crippen LogP contribution is 2.26. The van der Waals surface area contributed by atoms with E-state index < -0.39 is 0 Å². The fourth-order valence-corrected chi connectivity index (χ4v) is 2.55. The standard InChI is InChI=1S/C15H18N4O/c1-10-7-14(16)18-15(17-10)19-6-5-11-8-13(20-2)4-3-12(11)9-19/h3-4,7-8H,5-6,9H2,1-2H3,(H2,16,17,18). The van der Waals surface area contributed by atoms with Crippen LogP contribution >= 0.6 is 0 Å². The van der Waals surface area contributed by atoms with Gasteiger partial charge in [-0.15, -0.1) is 0 Å². The van der Waals surface area contributed by atoms with Gasteiger partial charge in [-0.1, -0.05) is 6.07 Å². The second-order valence-electron chi connectivity index (χ2n) is 5.04. The summed E-state index contributed by atoms with van der Waals surface area (Å²) in [6, 6.07) is 8.00. The van der Waals surface area contributed by atoms with Gasteiger partial charge < -0.3 is 15.4 Å². The average Bonchev–Trinajstić information content (AvgIpc) is 2.45. The van der Waals surface area contributed by atoms with Crippen LogP contribution in [0.2, 0.25) is 0 Å². The fraction of sp³-hybridized carbons (Fsp3) is 0.333. The van der Waals surface area contributed by atoms with E-state index in [2.05, 4.69) is 27.0 Å². The lowest BCUT2D eigenvalue weighted by atomic mass is 10.00. The molecule has 0 radical (unpaired) electrons. The third-order valence-corrected chi connectivity index (χ3v) is 3.57. The van der Waals surface area contributed by atoms with Crippen LogP contribution in [-0.2, 0) is 13.0 Å². The summed E-state index contributed by atoms with van der Waals surface area (Å²) in [5.41, 5.74) is 9.33. The van der Waals surface area contributed by atoms with Gasteiger partial charge in [0, 0.05) is 24.8 Å². The highest BCUT2D eigenvalue weighted by atomic mass is 16.5. The molecule has 0 saturated heterocycles. The quantitative estimate of drug-likeness (QED) is 0.903. The minimum atomic E-state index is 0.521. The van der Waals surface area contributed by atoms with E-state index >= 15 is 0 Å². The number of nitrogen functional groups attached to an aromatic ring is 1. The van der Waals surface area contributed by atoms with Gasteiger partial charge in [0.25, 0.3) is 0 Å². The number of aromatic nitrogens is 2. The van der Waals surface area contributed by atoms with E-state index in [4.69, 9.17) is 10.5 Å². The normalized spacial score (nSPS) is 14.0. The number of aryl methyl sites for hydroxylation is 1. The van der Waals surface area contributed by atoms with Gasteiger partial charge in [-0.05, 0) is 36.6 Å². The summed E-state index contributed by atoms with van der Waals surface area (Å²) in [5.74, 6) is 2.14. The van der Waals surface area contributed by atoms with Gasteiger partial charge in [0.2, 0.25) is 5.95 Å². The Labute approximate surface area is 118 Å². The molecule has 1 aromatic heterocycles. The van der Waals surface area contributed by atoms with Crippen molar-refractivity contribution in [3.63, 3.8) is 0 Å². The van der Waals surface area contributed by atoms with Crippen molar-refractivity contribution >= 4 is 11.8 Å². The van der Waals surface area contributed by atoms with Crippen molar-refractivity contribution in [1.82, 2.24) is 9.97 Å². The molecule has 1 aliphatic heterocycles. The van der Waals surface area contributed by atoms with E-state index in [1.165, 1.54) is 11.1 Å². The first kappa shape index (κ1) is 12.7. The Balaban J connectivity index is 1.88. The van der Waals surface area contributed by atoms with Crippen LogP contribution in [0.4, 0.5) is 11.8 Å². The summed E-state index contributed by atoms with van der Waals surface area (Å²) in [4.78, 5) is 11.0. The second-order valence-corrected chi connectivity index (χ2v) is 5.04. The third-order valence-electron chi connectivity index (χ3n) is 3.57. The molecule has 0 unspecified atom stereocenters. The van der Waals surface area contributed by atoms with E-state index in [1.54, 1.807) is 13.2 Å². The summed E-state index contributed by atoms with van der Waals surface area (Å²) >= 11 is 0. The van der Waals surface area contributed by atoms with Crippen molar-refractivity contribution in [3.05, 3.63) is 41.1 Å². The van der Waals surface area contributed by atoms with Crippen molar-refractivity contribution in [2.45, 2.75) is 19.9 Å². The van der Waals surface area contributed by atoms with Crippen molar-refractivity contribution in [2.24, 2.45) is 0 Å². The molecule has 2 aromatic rings. The van der Waals surface area contributed by atoms with Crippen LogP contribution in [0.25, 0.3) is 0 Å². The monoisotopic (exact) mass is 270 g/mol. The number of hydrogen-bond acceptors (Lipinski definition) is 5. The number of hydrogen-bond donors (Lipinski definition) is 1. The largest absolute Gasteiger partial charge is 0.497 e. The van der Waals surface area contributed by atoms with Crippen molar-refractivity contribution in [1.29, 1.82) is 0 Å². The number of nitrogens with zero attached hydrogens (tertiary/aromatic N) is 3. The Morgan fingerprint density at radius 1 is 1.20 bits per heavy atom. The van der Waals surface area contributed by atoms with Gasteiger partial charge in [0.15, 0.2) is 0 Å². The van der Waals surface area contributed by atoms with Crippen LogP contribution in [0, 0.1) is 6.92 Å². The van der Waals surface area contributed by atoms with Crippen LogP contribution in [0.15, 0.2) is 24.3 Å². The molecule has 20 heavy (non-hydrogen) atoms. The smallest absolute Gasteiger partial charge is 0.227 e. The van der Waals surface area contributed by atoms with Gasteiger partial charge in [0.05, 0.1) is 7.11 Å². The van der Waals surface area contributed by atoms with Crippen LogP contribution < -0.4 is 15.4 Å². The van der Waals surface area contributed by atoms with E-state index in [1.807, 2.05) is 13.0 Å². The summed E-state index contributed by atoms with van der Waals surface area (Å²) < 4.78 is 5.27. The summed E-state index contributed by atoms with van der Waals surface area (Å²) in [6.07, 6.45) is 0.962. The molecule has 0 saturated carbocycles. The number of fused-ring (bicyclic) bond motifs is 1. The van der Waals surface area contributed by atoms with Gasteiger partial charge in [0.1, 0.15) is 11.6 Å². The summed E-state index contributed by atoms with van der Waals surface area (Å²) in [6.45, 7) is 3.63. The van der Waals surface area contributed by atoms with Crippen molar-refractivity contribution in [3.8, 4) is 5.75 Å². The minimum absolute atomic E-state index is 0.521. The zero-order valence-corrected chi connectivity index (χ0v) is 11.8. The lowest BCUT2D eigenvalue weighted by Gasteiger charge is -2.29. The molecule has 1 aromatic carbocycles. The maximum absolute atomic E-state index is 5.80. The predicted octanol–water partition coefficient (Wildman–Crippen LogP) is 1.94. The number of nitrogens with two attached hydrogens (primary N) is 1. The Morgan fingerprint density at radius 3 is 2.80 bits per heavy atom. The molecule has 2 N–H and O–H groups in total. The zero-order valence-electron chi connectivity index (χ0n) is 11.8. The Hall–Kier alpha value is -2.30. The molecule has 5 heteroatoms. The van der Waals surface area contributed by atoms with Gasteiger partial charge in [-0.3, -0.25) is 0 Å². The highest BCUT2D eigenvalue weighted by Gasteiger charge is 2.19. The first-order valence-corrected chi connectivity index (χ1v) is 6.67. The lowest BCUT2D eigenvalue weighted by molar-refractivity contribution is 0.413. The maximum atomic E-state index is 5.80. The van der Waals surface area contributed by atoms with Crippen molar-refractivity contribution < 1.29 is 4.74 Å². The molecule has 0 bridgehead atoms. The molecule has 0 amide bonds. The molecule has 0 aliphatic carbocycles. The van der Waals surface area contributed by atoms with E-state index in [-0.39, 0.29) is 0 Å². The third kappa shape index (κ3) is 2.39. The lowest BCUT2D eigenvalue weighted by Crippen LogP contribution is -2.32. The number of methoxy groups -OCH3 is 1. The second kappa shape index (κ2) is 5.00. The van der Waals surface area contributed by atoms with E-state index in [0.29, 0.717) is 11.8 Å². The zero-order chi connectivity index (χ0) is 14.1. The van der Waals surface area contributed by atoms with Gasteiger partial charge >= 0.3 is 0 Å². The molecule has 1 aliphatic rings. The number of ether oxygens (including phenoxy) is 1. The van der Waals surface area contributed by atoms with Crippen LogP contribution in [0.1, 0.15) is 16.8 Å². The van der Waals surface area contributed by atoms with Crippen LogP contribution in [0.5, 0.6) is 5.75 Å². The first-order chi connectivity index (χ1) is 9.65. The fourth-order valence-electron chi connectivity index (χ4n) is 2.55. The molecule has 3 rings (SSSR count). The summed E-state index contributed by atoms with van der Waals surface area (Å²) in [5, 5.41) is 0. The first-order valence-electron chi connectivity index (χ1n) is 6.67. The Bertz CT molecular complexity index is 622. The molecule has 5 nitrogen and oxygen atoms in total. The van der Waals surface area contributed by atoms with E-state index in [0.717, 1.165) is 31.0 Å². The molecular formula is C15H18N4O. The maximum Gasteiger partial charge on any atom is 0.227 e. The van der Waals surface area contributed by atoms with Crippen molar-refractivity contribution in [2.75, 3.05) is 24.3 Å². The predicted molar refractivity (Wildman–Crippen MR) is 78.9 cm³/mol. The Kier molecular flexibility index (Phi) is 3.18. The average molecular weight is 270 g/mol. The Morgan fingerprint density at radius 2 is 2.05 bits per heavy atom. The number of anilines is 2. The van der Waals surface area contributed by atoms with Crippen LogP contribution in [0.3, 0.4) is 0 Å². The van der Waals surface area contributed by atoms with E-state index in [9.17, 15) is 0 Å². The molecule has 104 valence electrons. The molecule has 0 spiro atoms. The molecular weight excluding hydrogens is 252 g/mol. The SMILES string of the molecule is COc1ccc2c(c1)CCN(c1nc(C)cc(N)n1)C2. The topological polar surface area (TPSA) is 64.3 Å². The minimum Gasteiger partial charge on any atom is -0.497 e. The van der Waals surface area contributed by atoms with Gasteiger partial charge in [-0.25, -0.2) is 4.98 Å². The molecule has 0 atom stereocenters. The highest BCUT2D eigenvalue weighted by molar-refractivity contribution is 5.45. The molecule has 2 heterocycles.